The number of morpholine rings is 1. The Labute approximate surface area is 122 Å². The van der Waals surface area contributed by atoms with E-state index in [0.717, 1.165) is 22.3 Å². The van der Waals surface area contributed by atoms with Gasteiger partial charge in [-0.3, -0.25) is 0 Å². The lowest BCUT2D eigenvalue weighted by atomic mass is 10.0. The first-order valence-electron chi connectivity index (χ1n) is 6.57. The smallest absolute Gasteiger partial charge is 0.0984 e. The normalized spacial score (nSPS) is 25.4. The van der Waals surface area contributed by atoms with Crippen molar-refractivity contribution in [1.29, 1.82) is 0 Å². The van der Waals surface area contributed by atoms with Crippen LogP contribution in [0, 0.1) is 0 Å². The molecule has 0 radical (unpaired) electrons. The maximum Gasteiger partial charge on any atom is 0.0984 e. The molecule has 0 aliphatic carbocycles. The number of halogens is 1. The molecule has 3 atom stereocenters. The summed E-state index contributed by atoms with van der Waals surface area (Å²) in [6, 6.07) is 6.13. The minimum absolute atomic E-state index is 0.0196. The van der Waals surface area contributed by atoms with Crippen LogP contribution in [0.5, 0.6) is 0 Å². The predicted molar refractivity (Wildman–Crippen MR) is 80.4 cm³/mol. The number of hydrogen-bond acceptors (Lipinski definition) is 4. The molecular formula is C14H21BrN2O2. The van der Waals surface area contributed by atoms with Gasteiger partial charge in [-0.2, -0.15) is 0 Å². The summed E-state index contributed by atoms with van der Waals surface area (Å²) < 4.78 is 6.72. The first-order valence-corrected chi connectivity index (χ1v) is 7.37. The van der Waals surface area contributed by atoms with Gasteiger partial charge in [-0.05, 0) is 31.5 Å². The molecule has 19 heavy (non-hydrogen) atoms. The molecule has 1 heterocycles. The van der Waals surface area contributed by atoms with Gasteiger partial charge in [-0.25, -0.2) is 0 Å². The summed E-state index contributed by atoms with van der Waals surface area (Å²) in [5, 5.41) is 9.32. The fourth-order valence-corrected chi connectivity index (χ4v) is 2.87. The summed E-state index contributed by atoms with van der Waals surface area (Å²) in [6.45, 7) is 5.56. The number of aliphatic hydroxyl groups excluding tert-OH is 1. The number of nitrogens with zero attached hydrogens (tertiary/aromatic N) is 1. The molecule has 2 rings (SSSR count). The van der Waals surface area contributed by atoms with Gasteiger partial charge < -0.3 is 20.5 Å². The summed E-state index contributed by atoms with van der Waals surface area (Å²) in [6.07, 6.45) is -0.0329. The summed E-state index contributed by atoms with van der Waals surface area (Å²) >= 11 is 3.51. The summed E-state index contributed by atoms with van der Waals surface area (Å²) in [4.78, 5) is 2.25. The Bertz CT molecular complexity index is 439. The van der Waals surface area contributed by atoms with Crippen LogP contribution in [0.3, 0.4) is 0 Å². The Hall–Kier alpha value is -0.620. The highest BCUT2D eigenvalue weighted by Crippen LogP contribution is 2.30. The maximum atomic E-state index is 9.32. The van der Waals surface area contributed by atoms with Crippen molar-refractivity contribution < 1.29 is 9.84 Å². The zero-order chi connectivity index (χ0) is 14.0. The third-order valence-corrected chi connectivity index (χ3v) is 3.85. The van der Waals surface area contributed by atoms with Crippen LogP contribution in [0.15, 0.2) is 22.7 Å². The lowest BCUT2D eigenvalue weighted by Gasteiger charge is -2.38. The van der Waals surface area contributed by atoms with Crippen LogP contribution in [-0.2, 0) is 4.74 Å². The van der Waals surface area contributed by atoms with Crippen molar-refractivity contribution in [2.75, 3.05) is 24.6 Å². The van der Waals surface area contributed by atoms with Crippen molar-refractivity contribution in [1.82, 2.24) is 0 Å². The lowest BCUT2D eigenvalue weighted by molar-refractivity contribution is -0.0421. The van der Waals surface area contributed by atoms with E-state index in [9.17, 15) is 5.11 Å². The fourth-order valence-electron chi connectivity index (χ4n) is 2.52. The molecule has 0 saturated carbocycles. The molecule has 1 aromatic carbocycles. The molecule has 3 N–H and O–H groups in total. The molecule has 1 aliphatic heterocycles. The molecule has 0 spiro atoms. The number of benzene rings is 1. The Kier molecular flexibility index (Phi) is 4.84. The zero-order valence-electron chi connectivity index (χ0n) is 11.3. The summed E-state index contributed by atoms with van der Waals surface area (Å²) in [7, 11) is 0. The molecular weight excluding hydrogens is 308 g/mol. The van der Waals surface area contributed by atoms with E-state index in [-0.39, 0.29) is 24.9 Å². The lowest BCUT2D eigenvalue weighted by Crippen LogP contribution is -2.48. The maximum absolute atomic E-state index is 9.32. The third kappa shape index (κ3) is 3.48. The van der Waals surface area contributed by atoms with Gasteiger partial charge in [0.1, 0.15) is 0 Å². The average Bonchev–Trinajstić information content (AvgIpc) is 2.37. The predicted octanol–water partition coefficient (Wildman–Crippen LogP) is 2.05. The molecule has 1 fully saturated rings. The number of nitrogens with two attached hydrogens (primary N) is 1. The van der Waals surface area contributed by atoms with Gasteiger partial charge in [-0.1, -0.05) is 22.0 Å². The topological polar surface area (TPSA) is 58.7 Å². The summed E-state index contributed by atoms with van der Waals surface area (Å²) in [5.41, 5.74) is 8.29. The van der Waals surface area contributed by atoms with E-state index in [4.69, 9.17) is 10.5 Å². The van der Waals surface area contributed by atoms with Gasteiger partial charge in [0.15, 0.2) is 0 Å². The van der Waals surface area contributed by atoms with Crippen molar-refractivity contribution in [3.05, 3.63) is 28.2 Å². The highest BCUT2D eigenvalue weighted by molar-refractivity contribution is 9.10. The largest absolute Gasteiger partial charge is 0.394 e. The molecule has 106 valence electrons. The highest BCUT2D eigenvalue weighted by atomic mass is 79.9. The molecule has 1 aliphatic rings. The molecule has 5 heteroatoms. The van der Waals surface area contributed by atoms with Crippen LogP contribution in [-0.4, -0.2) is 37.0 Å². The Morgan fingerprint density at radius 3 is 2.89 bits per heavy atom. The van der Waals surface area contributed by atoms with Gasteiger partial charge in [0, 0.05) is 29.3 Å². The molecule has 0 amide bonds. The van der Waals surface area contributed by atoms with E-state index in [2.05, 4.69) is 33.0 Å². The number of aliphatic hydroxyl groups is 1. The van der Waals surface area contributed by atoms with E-state index >= 15 is 0 Å². The van der Waals surface area contributed by atoms with Gasteiger partial charge >= 0.3 is 0 Å². The second-order valence-corrected chi connectivity index (χ2v) is 6.06. The van der Waals surface area contributed by atoms with Gasteiger partial charge in [-0.15, -0.1) is 0 Å². The van der Waals surface area contributed by atoms with Gasteiger partial charge in [0.05, 0.1) is 18.8 Å². The Balaban J connectivity index is 2.31. The SMILES string of the molecule is CC1CN(c2cc(Br)ccc2C(C)N)CC(CO)O1. The monoisotopic (exact) mass is 328 g/mol. The zero-order valence-corrected chi connectivity index (χ0v) is 12.9. The second kappa shape index (κ2) is 6.22. The minimum atomic E-state index is -0.135. The highest BCUT2D eigenvalue weighted by Gasteiger charge is 2.26. The number of anilines is 1. The van der Waals surface area contributed by atoms with Crippen LogP contribution < -0.4 is 10.6 Å². The molecule has 1 aromatic rings. The van der Waals surface area contributed by atoms with E-state index in [0.29, 0.717) is 6.54 Å². The van der Waals surface area contributed by atoms with Crippen molar-refractivity contribution >= 4 is 21.6 Å². The minimum Gasteiger partial charge on any atom is -0.394 e. The van der Waals surface area contributed by atoms with Gasteiger partial charge in [0.25, 0.3) is 0 Å². The fraction of sp³-hybridized carbons (Fsp3) is 0.571. The van der Waals surface area contributed by atoms with Crippen LogP contribution in [0.1, 0.15) is 25.5 Å². The Morgan fingerprint density at radius 1 is 1.53 bits per heavy atom. The summed E-state index contributed by atoms with van der Waals surface area (Å²) in [5.74, 6) is 0. The van der Waals surface area contributed by atoms with Crippen molar-refractivity contribution in [2.24, 2.45) is 5.73 Å². The number of rotatable bonds is 3. The third-order valence-electron chi connectivity index (χ3n) is 3.35. The first-order chi connectivity index (χ1) is 9.01. The van der Waals surface area contributed by atoms with Gasteiger partial charge in [0.2, 0.25) is 0 Å². The van der Waals surface area contributed by atoms with Crippen molar-refractivity contribution in [3.8, 4) is 0 Å². The quantitative estimate of drug-likeness (QED) is 0.891. The van der Waals surface area contributed by atoms with E-state index < -0.39 is 0 Å². The average molecular weight is 329 g/mol. The standard InChI is InChI=1S/C14H21BrN2O2/c1-9-6-17(7-12(8-18)19-9)14-5-11(15)3-4-13(14)10(2)16/h3-5,9-10,12,18H,6-8,16H2,1-2H3. The molecule has 4 nitrogen and oxygen atoms in total. The first kappa shape index (κ1) is 14.8. The van der Waals surface area contributed by atoms with Crippen molar-refractivity contribution in [3.63, 3.8) is 0 Å². The van der Waals surface area contributed by atoms with E-state index in [1.165, 1.54) is 0 Å². The Morgan fingerprint density at radius 2 is 2.26 bits per heavy atom. The van der Waals surface area contributed by atoms with E-state index in [1.54, 1.807) is 0 Å². The van der Waals surface area contributed by atoms with Crippen LogP contribution in [0.4, 0.5) is 5.69 Å². The molecule has 0 aromatic heterocycles. The molecule has 0 bridgehead atoms. The number of ether oxygens (including phenoxy) is 1. The van der Waals surface area contributed by atoms with E-state index in [1.807, 2.05) is 19.9 Å². The molecule has 3 unspecified atom stereocenters. The van der Waals surface area contributed by atoms with Crippen LogP contribution in [0.25, 0.3) is 0 Å². The van der Waals surface area contributed by atoms with Crippen LogP contribution >= 0.6 is 15.9 Å². The molecule has 1 saturated heterocycles. The second-order valence-electron chi connectivity index (χ2n) is 5.15. The number of hydrogen-bond donors (Lipinski definition) is 2. The van der Waals surface area contributed by atoms with Crippen LogP contribution in [0.2, 0.25) is 0 Å². The van der Waals surface area contributed by atoms with Crippen molar-refractivity contribution in [2.45, 2.75) is 32.1 Å².